The normalized spacial score (nSPS) is 14.1. The third-order valence-corrected chi connectivity index (χ3v) is 3.24. The molecule has 0 spiro atoms. The molecule has 2 heteroatoms. The summed E-state index contributed by atoms with van der Waals surface area (Å²) in [7, 11) is 0. The fourth-order valence-electron chi connectivity index (χ4n) is 2.02. The summed E-state index contributed by atoms with van der Waals surface area (Å²) in [5.41, 5.74) is 0. The van der Waals surface area contributed by atoms with Gasteiger partial charge in [-0.3, -0.25) is 0 Å². The van der Waals surface area contributed by atoms with Crippen LogP contribution in [0.1, 0.15) is 47.5 Å². The van der Waals surface area contributed by atoms with Crippen LogP contribution in [0.5, 0.6) is 0 Å². The molecule has 0 aliphatic rings. The Balaban J connectivity index is 3.90. The molecule has 0 rings (SSSR count). The highest BCUT2D eigenvalue weighted by molar-refractivity contribution is 9.09. The van der Waals surface area contributed by atoms with Gasteiger partial charge >= 0.3 is 0 Å². The van der Waals surface area contributed by atoms with E-state index in [-0.39, 0.29) is 0 Å². The van der Waals surface area contributed by atoms with Crippen LogP contribution < -0.4 is 0 Å². The third-order valence-electron chi connectivity index (χ3n) is 2.79. The number of halogens is 1. The first-order valence-corrected chi connectivity index (χ1v) is 7.86. The first kappa shape index (κ1) is 16.4. The Morgan fingerprint density at radius 2 is 1.38 bits per heavy atom. The van der Waals surface area contributed by atoms with E-state index in [1.807, 2.05) is 0 Å². The van der Waals surface area contributed by atoms with Crippen molar-refractivity contribution in [2.24, 2.45) is 17.8 Å². The van der Waals surface area contributed by atoms with Crippen molar-refractivity contribution in [1.29, 1.82) is 0 Å². The van der Waals surface area contributed by atoms with E-state index in [1.54, 1.807) is 0 Å². The minimum absolute atomic E-state index is 0.783. The van der Waals surface area contributed by atoms with Gasteiger partial charge in [0.1, 0.15) is 0 Å². The summed E-state index contributed by atoms with van der Waals surface area (Å²) in [6.45, 7) is 15.4. The maximum Gasteiger partial charge on any atom is 0.00338 e. The lowest BCUT2D eigenvalue weighted by molar-refractivity contribution is 0.206. The Kier molecular flexibility index (Phi) is 9.73. The molecule has 98 valence electrons. The molecule has 1 atom stereocenters. The summed E-state index contributed by atoms with van der Waals surface area (Å²) in [5.74, 6) is 2.41. The number of hydrogen-bond donors (Lipinski definition) is 0. The van der Waals surface area contributed by atoms with Crippen LogP contribution in [-0.2, 0) is 0 Å². The van der Waals surface area contributed by atoms with Crippen molar-refractivity contribution in [3.63, 3.8) is 0 Å². The second-order valence-corrected chi connectivity index (χ2v) is 6.71. The fourth-order valence-corrected chi connectivity index (χ4v) is 2.81. The molecule has 0 aromatic heterocycles. The topological polar surface area (TPSA) is 3.24 Å². The van der Waals surface area contributed by atoms with Gasteiger partial charge in [-0.05, 0) is 37.1 Å². The van der Waals surface area contributed by atoms with Crippen LogP contribution in [0.15, 0.2) is 0 Å². The second kappa shape index (κ2) is 9.47. The predicted molar refractivity (Wildman–Crippen MR) is 78.3 cm³/mol. The number of nitrogens with zero attached hydrogens (tertiary/aromatic N) is 1. The van der Waals surface area contributed by atoms with Gasteiger partial charge in [-0.15, -0.1) is 0 Å². The summed E-state index contributed by atoms with van der Waals surface area (Å²) < 4.78 is 0. The van der Waals surface area contributed by atoms with E-state index < -0.39 is 0 Å². The maximum absolute atomic E-state index is 3.52. The van der Waals surface area contributed by atoms with Crippen LogP contribution in [0, 0.1) is 17.8 Å². The summed E-state index contributed by atoms with van der Waals surface area (Å²) in [5, 5.41) is 1.14. The summed E-state index contributed by atoms with van der Waals surface area (Å²) >= 11 is 3.52. The second-order valence-electron chi connectivity index (χ2n) is 5.92. The average Bonchev–Trinajstić information content (AvgIpc) is 2.13. The largest absolute Gasteiger partial charge is 0.303 e. The lowest BCUT2D eigenvalue weighted by Gasteiger charge is -2.27. The van der Waals surface area contributed by atoms with Gasteiger partial charge in [-0.25, -0.2) is 0 Å². The van der Waals surface area contributed by atoms with E-state index in [9.17, 15) is 0 Å². The Hall–Kier alpha value is 0.440. The Morgan fingerprint density at radius 3 is 1.75 bits per heavy atom. The summed E-state index contributed by atoms with van der Waals surface area (Å²) in [6, 6.07) is 0. The molecule has 0 aromatic rings. The molecule has 0 saturated carbocycles. The van der Waals surface area contributed by atoms with Crippen molar-refractivity contribution in [3.05, 3.63) is 0 Å². The Morgan fingerprint density at radius 1 is 0.875 bits per heavy atom. The van der Waals surface area contributed by atoms with Crippen molar-refractivity contribution >= 4 is 15.9 Å². The molecule has 1 unspecified atom stereocenters. The molecule has 0 N–H and O–H groups in total. The average molecular weight is 292 g/mol. The molecule has 16 heavy (non-hydrogen) atoms. The van der Waals surface area contributed by atoms with Crippen molar-refractivity contribution < 1.29 is 0 Å². The molecule has 0 fully saturated rings. The Labute approximate surface area is 111 Å². The van der Waals surface area contributed by atoms with Gasteiger partial charge in [0, 0.05) is 18.4 Å². The molecule has 0 amide bonds. The molecule has 0 bridgehead atoms. The van der Waals surface area contributed by atoms with Gasteiger partial charge in [-0.2, -0.15) is 0 Å². The third kappa shape index (κ3) is 9.65. The zero-order valence-corrected chi connectivity index (χ0v) is 13.4. The van der Waals surface area contributed by atoms with Gasteiger partial charge in [0.15, 0.2) is 0 Å². The van der Waals surface area contributed by atoms with Gasteiger partial charge in [-0.1, -0.05) is 50.5 Å². The van der Waals surface area contributed by atoms with E-state index in [0.717, 1.165) is 23.1 Å². The van der Waals surface area contributed by atoms with E-state index in [4.69, 9.17) is 0 Å². The smallest absolute Gasteiger partial charge is 0.00338 e. The van der Waals surface area contributed by atoms with Crippen LogP contribution in [0.25, 0.3) is 0 Å². The molecule has 0 saturated heterocycles. The minimum Gasteiger partial charge on any atom is -0.303 e. The maximum atomic E-state index is 3.52. The molecule has 1 nitrogen and oxygen atoms in total. The standard InChI is InChI=1S/C14H30BrN/c1-12(2)10-16(11-13(3)4)9-7-14(5)6-8-15/h12-14H,6-11H2,1-5H3. The monoisotopic (exact) mass is 291 g/mol. The zero-order valence-electron chi connectivity index (χ0n) is 11.8. The lowest BCUT2D eigenvalue weighted by Crippen LogP contribution is -2.33. The summed E-state index contributed by atoms with van der Waals surface area (Å²) in [4.78, 5) is 2.64. The van der Waals surface area contributed by atoms with Crippen LogP contribution in [-0.4, -0.2) is 29.9 Å². The fraction of sp³-hybridized carbons (Fsp3) is 1.00. The quantitative estimate of drug-likeness (QED) is 0.569. The lowest BCUT2D eigenvalue weighted by atomic mass is 10.0. The SMILES string of the molecule is CC(C)CN(CCC(C)CCBr)CC(C)C. The van der Waals surface area contributed by atoms with Crippen molar-refractivity contribution in [3.8, 4) is 0 Å². The van der Waals surface area contributed by atoms with Gasteiger partial charge in [0.2, 0.25) is 0 Å². The highest BCUT2D eigenvalue weighted by Gasteiger charge is 2.11. The number of hydrogen-bond acceptors (Lipinski definition) is 1. The predicted octanol–water partition coefficient (Wildman–Crippen LogP) is 4.41. The molecule has 0 aromatic carbocycles. The van der Waals surface area contributed by atoms with E-state index in [1.165, 1.54) is 32.5 Å². The van der Waals surface area contributed by atoms with Gasteiger partial charge < -0.3 is 4.90 Å². The van der Waals surface area contributed by atoms with Crippen LogP contribution in [0.2, 0.25) is 0 Å². The number of alkyl halides is 1. The van der Waals surface area contributed by atoms with Gasteiger partial charge in [0.05, 0.1) is 0 Å². The van der Waals surface area contributed by atoms with Crippen LogP contribution in [0.3, 0.4) is 0 Å². The zero-order chi connectivity index (χ0) is 12.6. The first-order chi connectivity index (χ1) is 7.45. The molecule has 0 radical (unpaired) electrons. The van der Waals surface area contributed by atoms with Crippen LogP contribution >= 0.6 is 15.9 Å². The molecule has 0 aliphatic carbocycles. The first-order valence-electron chi connectivity index (χ1n) is 6.74. The van der Waals surface area contributed by atoms with E-state index in [2.05, 4.69) is 55.4 Å². The highest BCUT2D eigenvalue weighted by atomic mass is 79.9. The molecular formula is C14H30BrN. The Bertz CT molecular complexity index is 147. The van der Waals surface area contributed by atoms with Crippen molar-refractivity contribution in [2.75, 3.05) is 25.0 Å². The number of rotatable bonds is 9. The van der Waals surface area contributed by atoms with Crippen LogP contribution in [0.4, 0.5) is 0 Å². The van der Waals surface area contributed by atoms with E-state index >= 15 is 0 Å². The van der Waals surface area contributed by atoms with Gasteiger partial charge in [0.25, 0.3) is 0 Å². The highest BCUT2D eigenvalue weighted by Crippen LogP contribution is 2.12. The van der Waals surface area contributed by atoms with E-state index in [0.29, 0.717) is 0 Å². The van der Waals surface area contributed by atoms with Crippen molar-refractivity contribution in [2.45, 2.75) is 47.5 Å². The molecular weight excluding hydrogens is 262 g/mol. The molecule has 0 heterocycles. The van der Waals surface area contributed by atoms with Crippen molar-refractivity contribution in [1.82, 2.24) is 4.90 Å². The summed E-state index contributed by atoms with van der Waals surface area (Å²) in [6.07, 6.45) is 2.64. The molecule has 0 aliphatic heterocycles. The minimum atomic E-state index is 0.783.